The van der Waals surface area contributed by atoms with Crippen molar-refractivity contribution < 1.29 is 9.90 Å². The number of aliphatic hydroxyl groups excluding tert-OH is 1. The number of halogens is 1. The normalized spacial score (nSPS) is 17.1. The second-order valence-corrected chi connectivity index (χ2v) is 6.37. The maximum absolute atomic E-state index is 12.4. The van der Waals surface area contributed by atoms with E-state index in [0.717, 1.165) is 25.3 Å². The lowest BCUT2D eigenvalue weighted by Crippen LogP contribution is -2.52. The van der Waals surface area contributed by atoms with Crippen LogP contribution in [0.4, 0.5) is 5.82 Å². The van der Waals surface area contributed by atoms with E-state index in [1.807, 2.05) is 23.8 Å². The highest BCUT2D eigenvalue weighted by Crippen LogP contribution is 2.13. The van der Waals surface area contributed by atoms with E-state index < -0.39 is 0 Å². The van der Waals surface area contributed by atoms with Crippen LogP contribution in [0, 0.1) is 0 Å². The molecule has 23 heavy (non-hydrogen) atoms. The average molecular weight is 341 g/mol. The van der Waals surface area contributed by atoms with Crippen molar-refractivity contribution in [2.75, 3.05) is 51.2 Å². The lowest BCUT2D eigenvalue weighted by molar-refractivity contribution is -0.131. The summed E-state index contributed by atoms with van der Waals surface area (Å²) in [5, 5.41) is 10.3. The van der Waals surface area contributed by atoms with Gasteiger partial charge in [-0.05, 0) is 18.6 Å². The molecule has 1 aromatic rings. The van der Waals surface area contributed by atoms with Crippen LogP contribution in [0.3, 0.4) is 0 Å². The highest BCUT2D eigenvalue weighted by atomic mass is 35.5. The molecule has 1 aromatic heterocycles. The van der Waals surface area contributed by atoms with E-state index in [2.05, 4.69) is 9.88 Å². The third-order valence-electron chi connectivity index (χ3n) is 4.14. The highest BCUT2D eigenvalue weighted by molar-refractivity contribution is 6.30. The molecule has 128 valence electrons. The number of aliphatic hydroxyl groups is 1. The maximum Gasteiger partial charge on any atom is 0.242 e. The lowest BCUT2D eigenvalue weighted by atomic mass is 10.2. The fraction of sp³-hybridized carbons (Fsp3) is 0.625. The van der Waals surface area contributed by atoms with E-state index >= 15 is 0 Å². The van der Waals surface area contributed by atoms with Gasteiger partial charge in [-0.1, -0.05) is 18.5 Å². The van der Waals surface area contributed by atoms with Gasteiger partial charge in [0.05, 0.1) is 17.7 Å². The molecule has 0 aliphatic carbocycles. The van der Waals surface area contributed by atoms with E-state index in [0.29, 0.717) is 31.2 Å². The topological polar surface area (TPSA) is 59.9 Å². The first-order valence-electron chi connectivity index (χ1n) is 8.00. The van der Waals surface area contributed by atoms with Crippen molar-refractivity contribution in [2.24, 2.45) is 0 Å². The molecule has 0 radical (unpaired) electrons. The Morgan fingerprint density at radius 1 is 1.39 bits per heavy atom. The molecule has 6 nitrogen and oxygen atoms in total. The van der Waals surface area contributed by atoms with Crippen LogP contribution < -0.4 is 4.90 Å². The molecular formula is C16H25ClN4O2. The van der Waals surface area contributed by atoms with Crippen LogP contribution in [-0.2, 0) is 4.79 Å². The van der Waals surface area contributed by atoms with Crippen molar-refractivity contribution in [1.29, 1.82) is 0 Å². The molecule has 0 bridgehead atoms. The first-order chi connectivity index (χ1) is 11.0. The fourth-order valence-electron chi connectivity index (χ4n) is 2.58. The van der Waals surface area contributed by atoms with Crippen LogP contribution in [0.2, 0.25) is 5.02 Å². The number of piperazine rings is 1. The number of carbonyl (C=O) groups excluding carboxylic acids is 1. The number of pyridine rings is 1. The second kappa shape index (κ2) is 8.47. The largest absolute Gasteiger partial charge is 0.392 e. The first-order valence-corrected chi connectivity index (χ1v) is 8.38. The minimum atomic E-state index is -0.278. The summed E-state index contributed by atoms with van der Waals surface area (Å²) in [4.78, 5) is 22.5. The summed E-state index contributed by atoms with van der Waals surface area (Å²) < 4.78 is 0. The molecule has 1 atom stereocenters. The number of aromatic nitrogens is 1. The highest BCUT2D eigenvalue weighted by Gasteiger charge is 2.23. The van der Waals surface area contributed by atoms with Gasteiger partial charge in [-0.25, -0.2) is 4.98 Å². The van der Waals surface area contributed by atoms with Gasteiger partial charge in [0.2, 0.25) is 5.91 Å². The summed E-state index contributed by atoms with van der Waals surface area (Å²) >= 11 is 5.83. The van der Waals surface area contributed by atoms with Crippen molar-refractivity contribution in [2.45, 2.75) is 19.4 Å². The van der Waals surface area contributed by atoms with Crippen molar-refractivity contribution in [3.05, 3.63) is 23.4 Å². The smallest absolute Gasteiger partial charge is 0.242 e. The number of anilines is 1. The lowest BCUT2D eigenvalue weighted by Gasteiger charge is -2.36. The number of carbonyl (C=O) groups is 1. The zero-order chi connectivity index (χ0) is 16.8. The summed E-state index contributed by atoms with van der Waals surface area (Å²) in [6.07, 6.45) is 2.06. The minimum Gasteiger partial charge on any atom is -0.392 e. The van der Waals surface area contributed by atoms with Crippen LogP contribution in [-0.4, -0.2) is 78.2 Å². The Labute approximate surface area is 142 Å². The summed E-state index contributed by atoms with van der Waals surface area (Å²) in [5.41, 5.74) is 0. The van der Waals surface area contributed by atoms with E-state index in [-0.39, 0.29) is 12.0 Å². The first kappa shape index (κ1) is 18.0. The van der Waals surface area contributed by atoms with Gasteiger partial charge in [0.15, 0.2) is 0 Å². The van der Waals surface area contributed by atoms with Crippen LogP contribution in [0.15, 0.2) is 18.3 Å². The van der Waals surface area contributed by atoms with E-state index in [4.69, 9.17) is 11.6 Å². The summed E-state index contributed by atoms with van der Waals surface area (Å²) in [6.45, 7) is 6.00. The third-order valence-corrected chi connectivity index (χ3v) is 4.36. The van der Waals surface area contributed by atoms with Gasteiger partial charge in [-0.15, -0.1) is 0 Å². The molecule has 0 spiro atoms. The Balaban J connectivity index is 1.79. The molecule has 1 N–H and O–H groups in total. The summed E-state index contributed by atoms with van der Waals surface area (Å²) in [7, 11) is 1.85. The number of hydrogen-bond donors (Lipinski definition) is 1. The molecule has 1 aliphatic rings. The molecule has 7 heteroatoms. The van der Waals surface area contributed by atoms with Crippen LogP contribution in [0.5, 0.6) is 0 Å². The predicted molar refractivity (Wildman–Crippen MR) is 91.8 cm³/mol. The Bertz CT molecular complexity index is 503. The number of nitrogens with zero attached hydrogens (tertiary/aromatic N) is 4. The zero-order valence-corrected chi connectivity index (χ0v) is 14.5. The summed E-state index contributed by atoms with van der Waals surface area (Å²) in [5.74, 6) is 0.826. The van der Waals surface area contributed by atoms with E-state index in [9.17, 15) is 9.90 Å². The quantitative estimate of drug-likeness (QED) is 0.840. The maximum atomic E-state index is 12.4. The molecule has 1 amide bonds. The molecule has 0 unspecified atom stereocenters. The van der Waals surface area contributed by atoms with Gasteiger partial charge >= 0.3 is 0 Å². The van der Waals surface area contributed by atoms with Gasteiger partial charge in [0, 0.05) is 46.0 Å². The van der Waals surface area contributed by atoms with Crippen LogP contribution in [0.1, 0.15) is 13.3 Å². The van der Waals surface area contributed by atoms with Crippen LogP contribution >= 0.6 is 11.6 Å². The Kier molecular flexibility index (Phi) is 6.62. The molecule has 0 saturated carbocycles. The second-order valence-electron chi connectivity index (χ2n) is 5.93. The molecule has 1 saturated heterocycles. The number of rotatable bonds is 6. The standard InChI is InChI=1S/C16H25ClN4O2/c1-3-14(22)11-20-6-8-21(9-7-20)16(23)12-19(2)15-5-4-13(17)10-18-15/h4-5,10,14,22H,3,6-9,11-12H2,1-2H3/t14-/m0/s1. The van der Waals surface area contributed by atoms with E-state index in [1.165, 1.54) is 0 Å². The molecule has 2 heterocycles. The van der Waals surface area contributed by atoms with Gasteiger partial charge in [-0.2, -0.15) is 0 Å². The van der Waals surface area contributed by atoms with E-state index in [1.54, 1.807) is 18.3 Å². The van der Waals surface area contributed by atoms with Crippen molar-refractivity contribution in [3.8, 4) is 0 Å². The zero-order valence-electron chi connectivity index (χ0n) is 13.8. The van der Waals surface area contributed by atoms with Crippen molar-refractivity contribution in [1.82, 2.24) is 14.8 Å². The monoisotopic (exact) mass is 340 g/mol. The Hall–Kier alpha value is -1.37. The predicted octanol–water partition coefficient (Wildman–Crippen LogP) is 1.09. The SMILES string of the molecule is CC[C@H](O)CN1CCN(C(=O)CN(C)c2ccc(Cl)cn2)CC1. The van der Waals surface area contributed by atoms with Gasteiger partial charge in [0.25, 0.3) is 0 Å². The third kappa shape index (κ3) is 5.34. The summed E-state index contributed by atoms with van der Waals surface area (Å²) in [6, 6.07) is 3.57. The number of likely N-dealkylation sites (N-methyl/N-ethyl adjacent to an activating group) is 1. The fourth-order valence-corrected chi connectivity index (χ4v) is 2.70. The number of amides is 1. The molecule has 0 aromatic carbocycles. The van der Waals surface area contributed by atoms with Crippen LogP contribution in [0.25, 0.3) is 0 Å². The van der Waals surface area contributed by atoms with Crippen molar-refractivity contribution >= 4 is 23.3 Å². The number of hydrogen-bond acceptors (Lipinski definition) is 5. The van der Waals surface area contributed by atoms with Crippen molar-refractivity contribution in [3.63, 3.8) is 0 Å². The molecule has 1 aliphatic heterocycles. The molecule has 1 fully saturated rings. The molecular weight excluding hydrogens is 316 g/mol. The Morgan fingerprint density at radius 2 is 2.09 bits per heavy atom. The minimum absolute atomic E-state index is 0.0972. The Morgan fingerprint density at radius 3 is 2.65 bits per heavy atom. The van der Waals surface area contributed by atoms with Gasteiger partial charge in [0.1, 0.15) is 5.82 Å². The average Bonchev–Trinajstić information content (AvgIpc) is 2.55. The van der Waals surface area contributed by atoms with Gasteiger partial charge in [-0.3, -0.25) is 9.69 Å². The van der Waals surface area contributed by atoms with Gasteiger partial charge < -0.3 is 14.9 Å². The number of β-amino-alcohol motifs (C(OH)–C–C–N with tert-alkyl or cyclic N) is 1. The molecule has 2 rings (SSSR count).